The lowest BCUT2D eigenvalue weighted by molar-refractivity contribution is -0.146. The Morgan fingerprint density at radius 1 is 1.15 bits per heavy atom. The van der Waals surface area contributed by atoms with Crippen molar-refractivity contribution in [3.8, 4) is 0 Å². The molecule has 2 amide bonds. The maximum Gasteiger partial charge on any atom is 0.326 e. The number of esters is 1. The van der Waals surface area contributed by atoms with Crippen molar-refractivity contribution in [3.63, 3.8) is 0 Å². The molecular formula is C19H15FN2O5. The number of benzene rings is 2. The van der Waals surface area contributed by atoms with Gasteiger partial charge in [-0.05, 0) is 36.8 Å². The van der Waals surface area contributed by atoms with Crippen LogP contribution < -0.4 is 10.2 Å². The molecular weight excluding hydrogens is 355 g/mol. The maximum atomic E-state index is 13.7. The monoisotopic (exact) mass is 370 g/mol. The fraction of sp³-hybridized carbons (Fsp3) is 0.158. The Morgan fingerprint density at radius 2 is 1.89 bits per heavy atom. The summed E-state index contributed by atoms with van der Waals surface area (Å²) >= 11 is 0. The second kappa shape index (κ2) is 7.36. The van der Waals surface area contributed by atoms with Gasteiger partial charge in [0.15, 0.2) is 6.61 Å². The van der Waals surface area contributed by atoms with Crippen molar-refractivity contribution in [2.45, 2.75) is 6.92 Å². The summed E-state index contributed by atoms with van der Waals surface area (Å²) in [5.41, 5.74) is 1.19. The number of para-hydroxylation sites is 1. The second-order valence-corrected chi connectivity index (χ2v) is 5.93. The summed E-state index contributed by atoms with van der Waals surface area (Å²) in [6.07, 6.45) is 0. The van der Waals surface area contributed by atoms with Crippen LogP contribution in [0.25, 0.3) is 0 Å². The normalized spacial score (nSPS) is 12.7. The predicted molar refractivity (Wildman–Crippen MR) is 93.9 cm³/mol. The average molecular weight is 370 g/mol. The summed E-state index contributed by atoms with van der Waals surface area (Å²) in [5, 5.41) is 2.29. The third-order valence-corrected chi connectivity index (χ3v) is 3.93. The summed E-state index contributed by atoms with van der Waals surface area (Å²) in [6.45, 7) is 0.552. The molecule has 8 heteroatoms. The number of nitrogens with one attached hydrogen (secondary N) is 1. The number of ether oxygens (including phenoxy) is 1. The second-order valence-electron chi connectivity index (χ2n) is 5.93. The number of aryl methyl sites for hydroxylation is 1. The lowest BCUT2D eigenvalue weighted by Gasteiger charge is -2.15. The highest BCUT2D eigenvalue weighted by atomic mass is 19.1. The van der Waals surface area contributed by atoms with Crippen LogP contribution in [0.2, 0.25) is 0 Å². The highest BCUT2D eigenvalue weighted by Crippen LogP contribution is 2.28. The Bertz CT molecular complexity index is 957. The minimum absolute atomic E-state index is 0.0316. The molecule has 2 aromatic rings. The third-order valence-electron chi connectivity index (χ3n) is 3.93. The van der Waals surface area contributed by atoms with E-state index in [2.05, 4.69) is 5.32 Å². The van der Waals surface area contributed by atoms with E-state index in [1.807, 2.05) is 0 Å². The number of carbonyl (C=O) groups is 4. The average Bonchev–Trinajstić information content (AvgIpc) is 2.88. The quantitative estimate of drug-likeness (QED) is 0.640. The molecule has 0 spiro atoms. The zero-order chi connectivity index (χ0) is 19.6. The van der Waals surface area contributed by atoms with Gasteiger partial charge in [-0.15, -0.1) is 0 Å². The van der Waals surface area contributed by atoms with Crippen molar-refractivity contribution >= 4 is 34.9 Å². The lowest BCUT2D eigenvalue weighted by Crippen LogP contribution is -2.36. The van der Waals surface area contributed by atoms with Crippen LogP contribution in [0.5, 0.6) is 0 Å². The SMILES string of the molecule is Cc1ccc(NC(=O)COC(=O)CN2C(=O)C(=O)c3ccccc32)c(F)c1. The molecule has 0 aromatic heterocycles. The molecule has 138 valence electrons. The standard InChI is InChI=1S/C19H15FN2O5/c1-11-6-7-14(13(20)8-11)21-16(23)10-27-17(24)9-22-15-5-3-2-4-12(15)18(25)19(22)26/h2-8H,9-10H2,1H3,(H,21,23). The van der Waals surface area contributed by atoms with Crippen LogP contribution in [0.1, 0.15) is 15.9 Å². The molecule has 2 aromatic carbocycles. The lowest BCUT2D eigenvalue weighted by atomic mass is 10.1. The fourth-order valence-electron chi connectivity index (χ4n) is 2.63. The number of anilines is 2. The first-order valence-electron chi connectivity index (χ1n) is 8.03. The largest absolute Gasteiger partial charge is 0.454 e. The molecule has 27 heavy (non-hydrogen) atoms. The fourth-order valence-corrected chi connectivity index (χ4v) is 2.63. The van der Waals surface area contributed by atoms with Gasteiger partial charge in [0.05, 0.1) is 16.9 Å². The van der Waals surface area contributed by atoms with Gasteiger partial charge in [-0.2, -0.15) is 0 Å². The first kappa shape index (κ1) is 18.2. The third kappa shape index (κ3) is 3.84. The Labute approximate surface area is 153 Å². The van der Waals surface area contributed by atoms with Crippen molar-refractivity contribution in [3.05, 3.63) is 59.4 Å². The number of fused-ring (bicyclic) bond motifs is 1. The van der Waals surface area contributed by atoms with Crippen LogP contribution >= 0.6 is 0 Å². The number of Topliss-reactive ketones (excluding diaryl/α,β-unsaturated/α-hetero) is 1. The number of nitrogens with zero attached hydrogens (tertiary/aromatic N) is 1. The number of hydrogen-bond acceptors (Lipinski definition) is 5. The summed E-state index contributed by atoms with van der Waals surface area (Å²) in [5.74, 6) is -3.74. The van der Waals surface area contributed by atoms with E-state index in [-0.39, 0.29) is 11.3 Å². The van der Waals surface area contributed by atoms with Crippen molar-refractivity contribution in [2.24, 2.45) is 0 Å². The van der Waals surface area contributed by atoms with Crippen molar-refractivity contribution in [2.75, 3.05) is 23.4 Å². The van der Waals surface area contributed by atoms with Gasteiger partial charge in [-0.1, -0.05) is 18.2 Å². The topological polar surface area (TPSA) is 92.8 Å². The van der Waals surface area contributed by atoms with Gasteiger partial charge in [0, 0.05) is 0 Å². The zero-order valence-corrected chi connectivity index (χ0v) is 14.3. The van der Waals surface area contributed by atoms with Crippen molar-refractivity contribution < 1.29 is 28.3 Å². The van der Waals surface area contributed by atoms with Gasteiger partial charge in [0.1, 0.15) is 12.4 Å². The van der Waals surface area contributed by atoms with Crippen LogP contribution in [-0.2, 0) is 19.1 Å². The van der Waals surface area contributed by atoms with E-state index in [9.17, 15) is 23.6 Å². The van der Waals surface area contributed by atoms with Gasteiger partial charge in [-0.3, -0.25) is 24.1 Å². The molecule has 0 saturated carbocycles. The molecule has 0 aliphatic carbocycles. The molecule has 7 nitrogen and oxygen atoms in total. The molecule has 0 fully saturated rings. The van der Waals surface area contributed by atoms with E-state index < -0.39 is 42.5 Å². The van der Waals surface area contributed by atoms with Crippen LogP contribution in [0.15, 0.2) is 42.5 Å². The molecule has 0 radical (unpaired) electrons. The molecule has 0 bridgehead atoms. The van der Waals surface area contributed by atoms with E-state index in [0.717, 1.165) is 4.90 Å². The number of amides is 2. The number of halogens is 1. The summed E-state index contributed by atoms with van der Waals surface area (Å²) < 4.78 is 18.5. The van der Waals surface area contributed by atoms with Crippen LogP contribution in [0, 0.1) is 12.7 Å². The van der Waals surface area contributed by atoms with Crippen molar-refractivity contribution in [1.82, 2.24) is 0 Å². The number of rotatable bonds is 5. The van der Waals surface area contributed by atoms with Crippen LogP contribution in [0.4, 0.5) is 15.8 Å². The van der Waals surface area contributed by atoms with E-state index in [0.29, 0.717) is 11.3 Å². The van der Waals surface area contributed by atoms with E-state index in [4.69, 9.17) is 4.74 Å². The van der Waals surface area contributed by atoms with Crippen molar-refractivity contribution in [1.29, 1.82) is 0 Å². The predicted octanol–water partition coefficient (Wildman–Crippen LogP) is 1.85. The molecule has 1 aliphatic rings. The molecule has 3 rings (SSSR count). The Hall–Kier alpha value is -3.55. The summed E-state index contributed by atoms with van der Waals surface area (Å²) in [4.78, 5) is 48.6. The number of ketones is 1. The molecule has 0 unspecified atom stereocenters. The zero-order valence-electron chi connectivity index (χ0n) is 14.3. The number of carbonyl (C=O) groups excluding carboxylic acids is 4. The van der Waals surface area contributed by atoms with Gasteiger partial charge < -0.3 is 10.1 Å². The highest BCUT2D eigenvalue weighted by molar-refractivity contribution is 6.52. The Balaban J connectivity index is 1.56. The maximum absolute atomic E-state index is 13.7. The van der Waals surface area contributed by atoms with E-state index >= 15 is 0 Å². The van der Waals surface area contributed by atoms with Gasteiger partial charge >= 0.3 is 5.97 Å². The van der Waals surface area contributed by atoms with Crippen LogP contribution in [-0.4, -0.2) is 36.7 Å². The van der Waals surface area contributed by atoms with Gasteiger partial charge in [0.2, 0.25) is 0 Å². The summed E-state index contributed by atoms with van der Waals surface area (Å²) in [6, 6.07) is 10.6. The molecule has 1 N–H and O–H groups in total. The Kier molecular flexibility index (Phi) is 4.98. The minimum Gasteiger partial charge on any atom is -0.454 e. The minimum atomic E-state index is -0.868. The summed E-state index contributed by atoms with van der Waals surface area (Å²) in [7, 11) is 0. The first-order chi connectivity index (χ1) is 12.9. The van der Waals surface area contributed by atoms with E-state index in [1.165, 1.54) is 24.3 Å². The highest BCUT2D eigenvalue weighted by Gasteiger charge is 2.36. The molecule has 1 aliphatic heterocycles. The smallest absolute Gasteiger partial charge is 0.326 e. The van der Waals surface area contributed by atoms with E-state index in [1.54, 1.807) is 25.1 Å². The Morgan fingerprint density at radius 3 is 2.63 bits per heavy atom. The molecule has 0 atom stereocenters. The first-order valence-corrected chi connectivity index (χ1v) is 8.03. The molecule has 1 heterocycles. The molecule has 0 saturated heterocycles. The van der Waals surface area contributed by atoms with Gasteiger partial charge in [-0.25, -0.2) is 4.39 Å². The van der Waals surface area contributed by atoms with Crippen LogP contribution in [0.3, 0.4) is 0 Å². The number of hydrogen-bond donors (Lipinski definition) is 1. The van der Waals surface area contributed by atoms with Gasteiger partial charge in [0.25, 0.3) is 17.6 Å².